The second-order valence-corrected chi connectivity index (χ2v) is 5.71. The van der Waals surface area contributed by atoms with Crippen LogP contribution in [0.4, 0.5) is 0 Å². The van der Waals surface area contributed by atoms with Crippen molar-refractivity contribution < 1.29 is 9.47 Å². The average molecular weight is 462 g/mol. The molecule has 142 valence electrons. The number of hydrogen-bond donors (Lipinski definition) is 2. The Morgan fingerprint density at radius 3 is 2.60 bits per heavy atom. The largest absolute Gasteiger partial charge is 0.380 e. The van der Waals surface area contributed by atoms with Crippen LogP contribution in [0.15, 0.2) is 29.3 Å². The lowest BCUT2D eigenvalue weighted by molar-refractivity contribution is 0.0341. The van der Waals surface area contributed by atoms with Crippen LogP contribution in [0.25, 0.3) is 0 Å². The number of nitrogens with one attached hydrogen (secondary N) is 2. The Hall–Kier alpha value is -0.900. The summed E-state index contributed by atoms with van der Waals surface area (Å²) in [6.45, 7) is 9.57. The van der Waals surface area contributed by atoms with Gasteiger partial charge >= 0.3 is 0 Å². The van der Waals surface area contributed by atoms with Gasteiger partial charge in [0.2, 0.25) is 0 Å². The van der Waals surface area contributed by atoms with E-state index in [2.05, 4.69) is 44.8 Å². The van der Waals surface area contributed by atoms with E-state index in [1.165, 1.54) is 11.1 Å². The summed E-state index contributed by atoms with van der Waals surface area (Å²) in [5.74, 6) is 0.802. The highest BCUT2D eigenvalue weighted by molar-refractivity contribution is 14.0. The topological polar surface area (TPSA) is 58.1 Å². The molecule has 7 heteroatoms. The number of guanidine groups is 1. The molecule has 1 heterocycles. The molecule has 0 atom stereocenters. The fourth-order valence-electron chi connectivity index (χ4n) is 2.67. The van der Waals surface area contributed by atoms with Gasteiger partial charge in [0.15, 0.2) is 5.96 Å². The SMILES string of the molecule is CCOCCNC(=NC)NCc1ccccc1CN1CCOCC1.I. The summed E-state index contributed by atoms with van der Waals surface area (Å²) < 4.78 is 10.8. The molecule has 0 spiro atoms. The molecule has 0 unspecified atom stereocenters. The summed E-state index contributed by atoms with van der Waals surface area (Å²) >= 11 is 0. The quantitative estimate of drug-likeness (QED) is 0.267. The van der Waals surface area contributed by atoms with Gasteiger partial charge in [-0.25, -0.2) is 0 Å². The summed E-state index contributed by atoms with van der Waals surface area (Å²) in [7, 11) is 1.79. The van der Waals surface area contributed by atoms with Crippen LogP contribution in [0, 0.1) is 0 Å². The number of rotatable bonds is 8. The Balaban J connectivity index is 0.00000312. The number of aliphatic imine (C=N–C) groups is 1. The van der Waals surface area contributed by atoms with E-state index < -0.39 is 0 Å². The van der Waals surface area contributed by atoms with Gasteiger partial charge in [-0.2, -0.15) is 0 Å². The molecule has 1 fully saturated rings. The average Bonchev–Trinajstić information content (AvgIpc) is 2.63. The van der Waals surface area contributed by atoms with E-state index in [-0.39, 0.29) is 24.0 Å². The number of hydrogen-bond acceptors (Lipinski definition) is 4. The number of ether oxygens (including phenoxy) is 2. The van der Waals surface area contributed by atoms with Crippen molar-refractivity contribution in [1.29, 1.82) is 0 Å². The van der Waals surface area contributed by atoms with Crippen molar-refractivity contribution in [3.8, 4) is 0 Å². The van der Waals surface area contributed by atoms with Gasteiger partial charge in [-0.05, 0) is 18.1 Å². The fourth-order valence-corrected chi connectivity index (χ4v) is 2.67. The van der Waals surface area contributed by atoms with Crippen LogP contribution in [0.5, 0.6) is 0 Å². The first-order chi connectivity index (χ1) is 11.8. The summed E-state index contributed by atoms with van der Waals surface area (Å²) in [5, 5.41) is 6.64. The maximum absolute atomic E-state index is 5.43. The standard InChI is InChI=1S/C18H30N4O2.HI/c1-3-23-11-8-20-18(19-2)21-14-16-6-4-5-7-17(16)15-22-9-12-24-13-10-22;/h4-7H,3,8-15H2,1-2H3,(H2,19,20,21);1H. The summed E-state index contributed by atoms with van der Waals surface area (Å²) in [6, 6.07) is 8.58. The van der Waals surface area contributed by atoms with Gasteiger partial charge in [0, 0.05) is 46.4 Å². The lowest BCUT2D eigenvalue weighted by Crippen LogP contribution is -2.39. The van der Waals surface area contributed by atoms with Crippen molar-refractivity contribution >= 4 is 29.9 Å². The maximum atomic E-state index is 5.43. The smallest absolute Gasteiger partial charge is 0.191 e. The van der Waals surface area contributed by atoms with Crippen LogP contribution >= 0.6 is 24.0 Å². The Bertz CT molecular complexity index is 508. The Morgan fingerprint density at radius 1 is 1.20 bits per heavy atom. The molecule has 0 amide bonds. The monoisotopic (exact) mass is 462 g/mol. The molecule has 1 aromatic rings. The van der Waals surface area contributed by atoms with Crippen LogP contribution in [-0.4, -0.2) is 64.0 Å². The summed E-state index contributed by atoms with van der Waals surface area (Å²) in [5.41, 5.74) is 2.66. The summed E-state index contributed by atoms with van der Waals surface area (Å²) in [4.78, 5) is 6.70. The predicted octanol–water partition coefficient (Wildman–Crippen LogP) is 1.84. The first-order valence-electron chi connectivity index (χ1n) is 8.72. The molecule has 1 saturated heterocycles. The lowest BCUT2D eigenvalue weighted by atomic mass is 10.1. The Morgan fingerprint density at radius 2 is 1.92 bits per heavy atom. The second-order valence-electron chi connectivity index (χ2n) is 5.71. The second kappa shape index (κ2) is 13.3. The predicted molar refractivity (Wildman–Crippen MR) is 113 cm³/mol. The first-order valence-corrected chi connectivity index (χ1v) is 8.72. The molecule has 1 aliphatic heterocycles. The van der Waals surface area contributed by atoms with Crippen molar-refractivity contribution in [2.75, 3.05) is 53.1 Å². The number of morpholine rings is 1. The third kappa shape index (κ3) is 8.35. The van der Waals surface area contributed by atoms with Crippen LogP contribution in [0.1, 0.15) is 18.1 Å². The Kier molecular flexibility index (Phi) is 11.8. The highest BCUT2D eigenvalue weighted by atomic mass is 127. The zero-order valence-electron chi connectivity index (χ0n) is 15.3. The highest BCUT2D eigenvalue weighted by Gasteiger charge is 2.12. The molecular weight excluding hydrogens is 431 g/mol. The van der Waals surface area contributed by atoms with Crippen molar-refractivity contribution in [2.24, 2.45) is 4.99 Å². The molecule has 2 rings (SSSR count). The van der Waals surface area contributed by atoms with Crippen LogP contribution in [0.3, 0.4) is 0 Å². The minimum absolute atomic E-state index is 0. The minimum Gasteiger partial charge on any atom is -0.380 e. The molecular formula is C18H31IN4O2. The number of benzene rings is 1. The van der Waals surface area contributed by atoms with Gasteiger partial charge in [-0.15, -0.1) is 24.0 Å². The fraction of sp³-hybridized carbons (Fsp3) is 0.611. The normalized spacial score (nSPS) is 15.5. The third-order valence-electron chi connectivity index (χ3n) is 4.03. The van der Waals surface area contributed by atoms with Gasteiger partial charge in [-0.3, -0.25) is 9.89 Å². The van der Waals surface area contributed by atoms with Crippen molar-refractivity contribution in [3.63, 3.8) is 0 Å². The molecule has 0 aromatic heterocycles. The van der Waals surface area contributed by atoms with Gasteiger partial charge in [0.25, 0.3) is 0 Å². The highest BCUT2D eigenvalue weighted by Crippen LogP contribution is 2.12. The van der Waals surface area contributed by atoms with Crippen LogP contribution in [0.2, 0.25) is 0 Å². The van der Waals surface area contributed by atoms with E-state index in [0.717, 1.165) is 58.5 Å². The van der Waals surface area contributed by atoms with E-state index in [1.54, 1.807) is 7.05 Å². The minimum atomic E-state index is 0. The molecule has 6 nitrogen and oxygen atoms in total. The van der Waals surface area contributed by atoms with Crippen molar-refractivity contribution in [3.05, 3.63) is 35.4 Å². The van der Waals surface area contributed by atoms with Crippen molar-refractivity contribution in [1.82, 2.24) is 15.5 Å². The molecule has 2 N–H and O–H groups in total. The molecule has 1 aliphatic rings. The van der Waals surface area contributed by atoms with Crippen LogP contribution < -0.4 is 10.6 Å². The van der Waals surface area contributed by atoms with Gasteiger partial charge in [0.1, 0.15) is 0 Å². The molecule has 0 aliphatic carbocycles. The summed E-state index contributed by atoms with van der Waals surface area (Å²) in [6.07, 6.45) is 0. The maximum Gasteiger partial charge on any atom is 0.191 e. The molecule has 25 heavy (non-hydrogen) atoms. The molecule has 0 radical (unpaired) electrons. The van der Waals surface area contributed by atoms with Gasteiger partial charge < -0.3 is 20.1 Å². The zero-order chi connectivity index (χ0) is 17.0. The van der Waals surface area contributed by atoms with E-state index in [0.29, 0.717) is 6.61 Å². The molecule has 0 saturated carbocycles. The van der Waals surface area contributed by atoms with E-state index in [4.69, 9.17) is 9.47 Å². The lowest BCUT2D eigenvalue weighted by Gasteiger charge is -2.27. The first kappa shape index (κ1) is 22.1. The number of nitrogens with zero attached hydrogens (tertiary/aromatic N) is 2. The number of halogens is 1. The van der Waals surface area contributed by atoms with Crippen LogP contribution in [-0.2, 0) is 22.6 Å². The third-order valence-corrected chi connectivity index (χ3v) is 4.03. The van der Waals surface area contributed by atoms with Gasteiger partial charge in [-0.1, -0.05) is 24.3 Å². The van der Waals surface area contributed by atoms with E-state index in [1.807, 2.05) is 6.92 Å². The van der Waals surface area contributed by atoms with Gasteiger partial charge in [0.05, 0.1) is 19.8 Å². The zero-order valence-corrected chi connectivity index (χ0v) is 17.6. The molecule has 1 aromatic carbocycles. The molecule has 0 bridgehead atoms. The van der Waals surface area contributed by atoms with E-state index >= 15 is 0 Å². The van der Waals surface area contributed by atoms with E-state index in [9.17, 15) is 0 Å². The Labute approximate surface area is 168 Å². The van der Waals surface area contributed by atoms with Crippen molar-refractivity contribution in [2.45, 2.75) is 20.0 Å².